The van der Waals surface area contributed by atoms with Crippen LogP contribution in [0.15, 0.2) is 36.4 Å². The summed E-state index contributed by atoms with van der Waals surface area (Å²) >= 11 is 0. The Morgan fingerprint density at radius 1 is 1.12 bits per heavy atom. The Morgan fingerprint density at radius 3 is 2.50 bits per heavy atom. The molecule has 2 aromatic rings. The summed E-state index contributed by atoms with van der Waals surface area (Å²) in [4.78, 5) is 16.1. The average Bonchev–Trinajstić information content (AvgIpc) is 2.58. The maximum absolute atomic E-state index is 11.5. The normalized spacial score (nSPS) is 10.8. The van der Waals surface area contributed by atoms with E-state index in [0.717, 1.165) is 28.1 Å². The number of aromatic nitrogens is 1. The van der Waals surface area contributed by atoms with Gasteiger partial charge in [-0.1, -0.05) is 30.3 Å². The van der Waals surface area contributed by atoms with Crippen LogP contribution in [-0.4, -0.2) is 17.6 Å². The van der Waals surface area contributed by atoms with Crippen LogP contribution in [-0.2, 0) is 16.1 Å². The smallest absolute Gasteiger partial charge is 0.330 e. The number of hydrogen-bond acceptors (Lipinski definition) is 4. The highest BCUT2D eigenvalue weighted by Crippen LogP contribution is 2.28. The van der Waals surface area contributed by atoms with E-state index in [9.17, 15) is 4.79 Å². The van der Waals surface area contributed by atoms with Gasteiger partial charge in [-0.2, -0.15) is 0 Å². The maximum Gasteiger partial charge on any atom is 0.330 e. The minimum atomic E-state index is -0.372. The lowest BCUT2D eigenvalue weighted by molar-refractivity contribution is -0.137. The Kier molecular flexibility index (Phi) is 6.13. The van der Waals surface area contributed by atoms with Gasteiger partial charge in [0.1, 0.15) is 12.4 Å². The Labute approximate surface area is 143 Å². The molecule has 0 radical (unpaired) electrons. The van der Waals surface area contributed by atoms with Gasteiger partial charge in [0.2, 0.25) is 0 Å². The van der Waals surface area contributed by atoms with Crippen molar-refractivity contribution < 1.29 is 14.3 Å². The van der Waals surface area contributed by atoms with E-state index >= 15 is 0 Å². The molecule has 0 fully saturated rings. The number of carbonyl (C=O) groups excluding carboxylic acids is 1. The van der Waals surface area contributed by atoms with Gasteiger partial charge in [0, 0.05) is 22.9 Å². The fourth-order valence-electron chi connectivity index (χ4n) is 2.36. The number of rotatable bonds is 6. The van der Waals surface area contributed by atoms with E-state index < -0.39 is 0 Å². The molecule has 1 aromatic heterocycles. The topological polar surface area (TPSA) is 48.4 Å². The highest BCUT2D eigenvalue weighted by Gasteiger charge is 2.12. The molecule has 0 aliphatic carbocycles. The zero-order chi connectivity index (χ0) is 17.5. The summed E-state index contributed by atoms with van der Waals surface area (Å²) in [5, 5.41) is 0. The summed E-state index contributed by atoms with van der Waals surface area (Å²) in [6, 6.07) is 10.0. The summed E-state index contributed by atoms with van der Waals surface area (Å²) in [7, 11) is 0. The number of hydrogen-bond donors (Lipinski definition) is 0. The largest absolute Gasteiger partial charge is 0.488 e. The first-order valence-electron chi connectivity index (χ1n) is 8.02. The highest BCUT2D eigenvalue weighted by atomic mass is 16.5. The second-order valence-electron chi connectivity index (χ2n) is 5.52. The molecule has 0 aliphatic heterocycles. The van der Waals surface area contributed by atoms with E-state index in [2.05, 4.69) is 4.98 Å². The monoisotopic (exact) mass is 325 g/mol. The van der Waals surface area contributed by atoms with Gasteiger partial charge in [0.25, 0.3) is 0 Å². The molecule has 0 spiro atoms. The predicted octanol–water partition coefficient (Wildman–Crippen LogP) is 4.16. The number of nitrogens with zero attached hydrogens (tertiary/aromatic N) is 1. The van der Waals surface area contributed by atoms with Gasteiger partial charge in [0.15, 0.2) is 0 Å². The zero-order valence-corrected chi connectivity index (χ0v) is 14.6. The number of ether oxygens (including phenoxy) is 2. The summed E-state index contributed by atoms with van der Waals surface area (Å²) < 4.78 is 10.9. The summed E-state index contributed by atoms with van der Waals surface area (Å²) in [6.45, 7) is 8.51. The first kappa shape index (κ1) is 17.7. The van der Waals surface area contributed by atoms with Crippen molar-refractivity contribution in [3.63, 3.8) is 0 Å². The number of esters is 1. The van der Waals surface area contributed by atoms with Crippen molar-refractivity contribution in [2.45, 2.75) is 34.3 Å². The van der Waals surface area contributed by atoms with Crippen molar-refractivity contribution >= 4 is 12.0 Å². The second-order valence-corrected chi connectivity index (χ2v) is 5.52. The van der Waals surface area contributed by atoms with Crippen LogP contribution < -0.4 is 4.74 Å². The van der Waals surface area contributed by atoms with Crippen molar-refractivity contribution in [2.75, 3.05) is 6.61 Å². The van der Waals surface area contributed by atoms with Crippen LogP contribution in [0.4, 0.5) is 0 Å². The summed E-state index contributed by atoms with van der Waals surface area (Å²) in [5.74, 6) is 0.443. The standard InChI is InChI=1S/C20H23NO3/c1-5-23-19(22)12-11-18-15(3)20(14(2)16(4)21-18)24-13-17-9-7-6-8-10-17/h6-12H,5,13H2,1-4H3/b12-11+. The zero-order valence-electron chi connectivity index (χ0n) is 14.6. The lowest BCUT2D eigenvalue weighted by atomic mass is 10.1. The number of aryl methyl sites for hydroxylation is 1. The fraction of sp³-hybridized carbons (Fsp3) is 0.300. The molecule has 0 aliphatic rings. The molecule has 4 heteroatoms. The van der Waals surface area contributed by atoms with Crippen LogP contribution in [0.1, 0.15) is 35.0 Å². The van der Waals surface area contributed by atoms with Crippen LogP contribution in [0.25, 0.3) is 6.08 Å². The maximum atomic E-state index is 11.5. The molecule has 126 valence electrons. The highest BCUT2D eigenvalue weighted by molar-refractivity contribution is 5.87. The number of carbonyl (C=O) groups is 1. The Morgan fingerprint density at radius 2 is 1.83 bits per heavy atom. The van der Waals surface area contributed by atoms with Gasteiger partial charge < -0.3 is 9.47 Å². The second kappa shape index (κ2) is 8.29. The van der Waals surface area contributed by atoms with Gasteiger partial charge in [-0.3, -0.25) is 4.98 Å². The fourth-order valence-corrected chi connectivity index (χ4v) is 2.36. The molecule has 0 bridgehead atoms. The predicted molar refractivity (Wildman–Crippen MR) is 94.9 cm³/mol. The minimum absolute atomic E-state index is 0.355. The molecule has 0 amide bonds. The van der Waals surface area contributed by atoms with Crippen molar-refractivity contribution in [2.24, 2.45) is 0 Å². The average molecular weight is 325 g/mol. The van der Waals surface area contributed by atoms with Crippen LogP contribution >= 0.6 is 0 Å². The van der Waals surface area contributed by atoms with E-state index in [4.69, 9.17) is 9.47 Å². The molecule has 2 rings (SSSR count). The van der Waals surface area contributed by atoms with Crippen molar-refractivity contribution in [1.82, 2.24) is 4.98 Å². The van der Waals surface area contributed by atoms with E-state index in [1.807, 2.05) is 51.1 Å². The summed E-state index contributed by atoms with van der Waals surface area (Å²) in [5.41, 5.74) is 4.63. The van der Waals surface area contributed by atoms with Crippen LogP contribution in [0.5, 0.6) is 5.75 Å². The number of pyridine rings is 1. The molecule has 0 saturated carbocycles. The molecule has 1 aromatic carbocycles. The third-order valence-corrected chi connectivity index (χ3v) is 3.79. The Hall–Kier alpha value is -2.62. The molecule has 4 nitrogen and oxygen atoms in total. The third kappa shape index (κ3) is 4.44. The Balaban J connectivity index is 2.25. The lowest BCUT2D eigenvalue weighted by Gasteiger charge is -2.15. The van der Waals surface area contributed by atoms with E-state index in [1.165, 1.54) is 6.08 Å². The van der Waals surface area contributed by atoms with Gasteiger partial charge in [-0.05, 0) is 39.3 Å². The Bertz CT molecular complexity index is 736. The first-order valence-corrected chi connectivity index (χ1v) is 8.02. The third-order valence-electron chi connectivity index (χ3n) is 3.79. The van der Waals surface area contributed by atoms with Crippen molar-refractivity contribution in [1.29, 1.82) is 0 Å². The van der Waals surface area contributed by atoms with Crippen LogP contribution in [0, 0.1) is 20.8 Å². The van der Waals surface area contributed by atoms with Gasteiger partial charge in [-0.15, -0.1) is 0 Å². The molecule has 0 saturated heterocycles. The minimum Gasteiger partial charge on any atom is -0.488 e. The summed E-state index contributed by atoms with van der Waals surface area (Å²) in [6.07, 6.45) is 3.07. The van der Waals surface area contributed by atoms with E-state index in [0.29, 0.717) is 18.9 Å². The molecule has 0 N–H and O–H groups in total. The lowest BCUT2D eigenvalue weighted by Crippen LogP contribution is -2.04. The molecule has 24 heavy (non-hydrogen) atoms. The molecular weight excluding hydrogens is 302 g/mol. The molecule has 0 atom stereocenters. The van der Waals surface area contributed by atoms with E-state index in [-0.39, 0.29) is 5.97 Å². The SMILES string of the molecule is CCOC(=O)/C=C/c1nc(C)c(C)c(OCc2ccccc2)c1C. The van der Waals surface area contributed by atoms with Crippen LogP contribution in [0.2, 0.25) is 0 Å². The molecular formula is C20H23NO3. The van der Waals surface area contributed by atoms with Crippen molar-refractivity contribution in [3.05, 3.63) is 64.5 Å². The van der Waals surface area contributed by atoms with E-state index in [1.54, 1.807) is 13.0 Å². The van der Waals surface area contributed by atoms with Gasteiger partial charge in [-0.25, -0.2) is 4.79 Å². The first-order chi connectivity index (χ1) is 11.5. The van der Waals surface area contributed by atoms with Crippen molar-refractivity contribution in [3.8, 4) is 5.75 Å². The van der Waals surface area contributed by atoms with Gasteiger partial charge in [0.05, 0.1) is 12.3 Å². The molecule has 0 unspecified atom stereocenters. The quantitative estimate of drug-likeness (QED) is 0.591. The van der Waals surface area contributed by atoms with Gasteiger partial charge >= 0.3 is 5.97 Å². The molecule has 1 heterocycles. The van der Waals surface area contributed by atoms with Crippen LogP contribution in [0.3, 0.4) is 0 Å². The number of benzene rings is 1.